The lowest BCUT2D eigenvalue weighted by Crippen LogP contribution is -1.84. The van der Waals surface area contributed by atoms with Crippen molar-refractivity contribution in [3.63, 3.8) is 0 Å². The molecule has 0 N–H and O–H groups in total. The molecule has 12 heavy (non-hydrogen) atoms. The first-order valence-corrected chi connectivity index (χ1v) is 3.95. The van der Waals surface area contributed by atoms with Gasteiger partial charge in [0.05, 0.1) is 16.1 Å². The van der Waals surface area contributed by atoms with Gasteiger partial charge in [0, 0.05) is 0 Å². The van der Waals surface area contributed by atoms with Gasteiger partial charge in [0.15, 0.2) is 0 Å². The lowest BCUT2D eigenvalue weighted by molar-refractivity contribution is 0.600. The Morgan fingerprint density at radius 3 is 2.58 bits per heavy atom. The normalized spacial score (nSPS) is 9.58. The molecule has 1 aromatic rings. The van der Waals surface area contributed by atoms with Crippen LogP contribution < -0.4 is 0 Å². The van der Waals surface area contributed by atoms with E-state index >= 15 is 0 Å². The van der Waals surface area contributed by atoms with Crippen molar-refractivity contribution in [2.75, 3.05) is 0 Å². The highest BCUT2D eigenvalue weighted by Crippen LogP contribution is 2.34. The second kappa shape index (κ2) is 3.38. The molecule has 1 rings (SSSR count). The van der Waals surface area contributed by atoms with E-state index in [0.717, 1.165) is 6.07 Å². The molecular formula is C7HBrClF2N. The van der Waals surface area contributed by atoms with Gasteiger partial charge in [-0.2, -0.15) is 0 Å². The van der Waals surface area contributed by atoms with Gasteiger partial charge in [0.25, 0.3) is 0 Å². The van der Waals surface area contributed by atoms with Crippen LogP contribution in [0, 0.1) is 18.2 Å². The third-order valence-electron chi connectivity index (χ3n) is 1.20. The maximum Gasteiger partial charge on any atom is 0.238 e. The van der Waals surface area contributed by atoms with Gasteiger partial charge in [0.2, 0.25) is 5.69 Å². The van der Waals surface area contributed by atoms with Crippen LogP contribution in [-0.4, -0.2) is 0 Å². The van der Waals surface area contributed by atoms with E-state index < -0.39 is 17.3 Å². The molecule has 62 valence electrons. The quantitative estimate of drug-likeness (QED) is 0.374. The third-order valence-corrected chi connectivity index (χ3v) is 2.20. The van der Waals surface area contributed by atoms with Gasteiger partial charge in [-0.3, -0.25) is 0 Å². The molecule has 1 aromatic carbocycles. The lowest BCUT2D eigenvalue weighted by Gasteiger charge is -2.00. The maximum absolute atomic E-state index is 12.9. The number of rotatable bonds is 0. The number of nitrogens with zero attached hydrogens (tertiary/aromatic N) is 1. The summed E-state index contributed by atoms with van der Waals surface area (Å²) in [4.78, 5) is 2.80. The second-order valence-electron chi connectivity index (χ2n) is 1.93. The molecule has 0 radical (unpaired) electrons. The van der Waals surface area contributed by atoms with Gasteiger partial charge >= 0.3 is 0 Å². The average Bonchev–Trinajstić information content (AvgIpc) is 2.01. The van der Waals surface area contributed by atoms with Crippen LogP contribution in [0.25, 0.3) is 4.85 Å². The van der Waals surface area contributed by atoms with Gasteiger partial charge in [-0.15, -0.1) is 0 Å². The minimum Gasteiger partial charge on any atom is -0.234 e. The van der Waals surface area contributed by atoms with Gasteiger partial charge < -0.3 is 0 Å². The van der Waals surface area contributed by atoms with Gasteiger partial charge in [-0.05, 0) is 6.07 Å². The molecule has 0 unspecified atom stereocenters. The van der Waals surface area contributed by atoms with E-state index in [9.17, 15) is 8.78 Å². The van der Waals surface area contributed by atoms with E-state index in [2.05, 4.69) is 20.8 Å². The molecule has 0 aromatic heterocycles. The van der Waals surface area contributed by atoms with Crippen molar-refractivity contribution in [1.82, 2.24) is 0 Å². The molecule has 0 saturated heterocycles. The molecule has 0 spiro atoms. The molecule has 0 aliphatic carbocycles. The van der Waals surface area contributed by atoms with E-state index in [1.54, 1.807) is 0 Å². The zero-order valence-electron chi connectivity index (χ0n) is 5.54. The SMILES string of the molecule is [C-]#[N+]c1c(F)cc(Cl)c(F)c1Br. The highest BCUT2D eigenvalue weighted by molar-refractivity contribution is 9.10. The fourth-order valence-corrected chi connectivity index (χ4v) is 1.46. The summed E-state index contributed by atoms with van der Waals surface area (Å²) in [7, 11) is 0. The Kier molecular flexibility index (Phi) is 2.65. The molecule has 0 fully saturated rings. The molecule has 0 amide bonds. The Balaban J connectivity index is 3.54. The molecule has 0 atom stereocenters. The maximum atomic E-state index is 12.9. The fourth-order valence-electron chi connectivity index (χ4n) is 0.659. The highest BCUT2D eigenvalue weighted by Gasteiger charge is 2.15. The minimum absolute atomic E-state index is 0.234. The van der Waals surface area contributed by atoms with Crippen molar-refractivity contribution in [3.05, 3.63) is 38.6 Å². The predicted molar refractivity (Wildman–Crippen MR) is 45.3 cm³/mol. The summed E-state index contributed by atoms with van der Waals surface area (Å²) in [6.07, 6.45) is 0. The Bertz CT molecular complexity index is 373. The summed E-state index contributed by atoms with van der Waals surface area (Å²) in [5.41, 5.74) is -0.392. The van der Waals surface area contributed by atoms with Gasteiger partial charge in [-0.25, -0.2) is 13.6 Å². The van der Waals surface area contributed by atoms with Crippen LogP contribution in [0.4, 0.5) is 14.5 Å². The number of hydrogen-bond acceptors (Lipinski definition) is 0. The number of hydrogen-bond donors (Lipinski definition) is 0. The van der Waals surface area contributed by atoms with Gasteiger partial charge in [-0.1, -0.05) is 27.5 Å². The number of halogens is 4. The first-order valence-electron chi connectivity index (χ1n) is 2.78. The van der Waals surface area contributed by atoms with Crippen molar-refractivity contribution >= 4 is 33.2 Å². The molecule has 5 heteroatoms. The van der Waals surface area contributed by atoms with E-state index in [1.165, 1.54) is 0 Å². The van der Waals surface area contributed by atoms with Crippen molar-refractivity contribution in [2.24, 2.45) is 0 Å². The average molecular weight is 252 g/mol. The first-order chi connectivity index (χ1) is 5.57. The summed E-state index contributed by atoms with van der Waals surface area (Å²) >= 11 is 8.03. The largest absolute Gasteiger partial charge is 0.238 e. The monoisotopic (exact) mass is 251 g/mol. The summed E-state index contributed by atoms with van der Waals surface area (Å²) < 4.78 is 25.4. The molecule has 0 saturated carbocycles. The minimum atomic E-state index is -0.830. The zero-order chi connectivity index (χ0) is 9.30. The summed E-state index contributed by atoms with van der Waals surface area (Å²) in [6, 6.07) is 0.773. The van der Waals surface area contributed by atoms with E-state index in [-0.39, 0.29) is 9.50 Å². The third kappa shape index (κ3) is 1.43. The Hall–Kier alpha value is -0.660. The lowest BCUT2D eigenvalue weighted by atomic mass is 10.3. The summed E-state index contributed by atoms with van der Waals surface area (Å²) in [5.74, 6) is -1.65. The zero-order valence-corrected chi connectivity index (χ0v) is 7.88. The van der Waals surface area contributed by atoms with Crippen LogP contribution in [0.1, 0.15) is 0 Å². The Morgan fingerprint density at radius 2 is 2.08 bits per heavy atom. The van der Waals surface area contributed by atoms with E-state index in [1.807, 2.05) is 0 Å². The molecule has 1 nitrogen and oxygen atoms in total. The fraction of sp³-hybridized carbons (Fsp3) is 0. The van der Waals surface area contributed by atoms with Crippen molar-refractivity contribution < 1.29 is 8.78 Å². The van der Waals surface area contributed by atoms with Crippen molar-refractivity contribution in [3.8, 4) is 0 Å². The standard InChI is InChI=1S/C7HBrClF2N/c1-12-7-4(10)2-3(9)6(11)5(7)8/h2H. The first kappa shape index (κ1) is 9.43. The molecule has 0 aliphatic heterocycles. The summed E-state index contributed by atoms with van der Waals surface area (Å²) in [5, 5.41) is -0.341. The van der Waals surface area contributed by atoms with Crippen LogP contribution in [-0.2, 0) is 0 Å². The molecular weight excluding hydrogens is 251 g/mol. The summed E-state index contributed by atoms with van der Waals surface area (Å²) in [6.45, 7) is 6.54. The molecule has 0 heterocycles. The molecule has 0 aliphatic rings. The van der Waals surface area contributed by atoms with Crippen LogP contribution in [0.2, 0.25) is 5.02 Å². The molecule has 0 bridgehead atoms. The highest BCUT2D eigenvalue weighted by atomic mass is 79.9. The van der Waals surface area contributed by atoms with E-state index in [4.69, 9.17) is 18.2 Å². The van der Waals surface area contributed by atoms with Crippen molar-refractivity contribution in [1.29, 1.82) is 0 Å². The van der Waals surface area contributed by atoms with E-state index in [0.29, 0.717) is 0 Å². The predicted octanol–water partition coefficient (Wildman–Crippen LogP) is 3.93. The topological polar surface area (TPSA) is 4.36 Å². The van der Waals surface area contributed by atoms with Crippen LogP contribution in [0.15, 0.2) is 10.5 Å². The van der Waals surface area contributed by atoms with Crippen LogP contribution in [0.3, 0.4) is 0 Å². The smallest absolute Gasteiger partial charge is 0.234 e. The van der Waals surface area contributed by atoms with Crippen LogP contribution >= 0.6 is 27.5 Å². The van der Waals surface area contributed by atoms with Crippen molar-refractivity contribution in [2.45, 2.75) is 0 Å². The Labute approximate surface area is 80.9 Å². The Morgan fingerprint density at radius 1 is 1.50 bits per heavy atom. The number of benzene rings is 1. The van der Waals surface area contributed by atoms with Crippen LogP contribution in [0.5, 0.6) is 0 Å². The second-order valence-corrected chi connectivity index (χ2v) is 3.13. The van der Waals surface area contributed by atoms with Gasteiger partial charge in [0.1, 0.15) is 11.6 Å².